The van der Waals surface area contributed by atoms with E-state index in [-0.39, 0.29) is 24.1 Å². The molecule has 2 amide bonds. The number of piperidine rings is 1. The van der Waals surface area contributed by atoms with Gasteiger partial charge in [-0.3, -0.25) is 9.59 Å². The van der Waals surface area contributed by atoms with Gasteiger partial charge in [-0.1, -0.05) is 36.4 Å². The minimum atomic E-state index is -4.48. The Morgan fingerprint density at radius 3 is 2.42 bits per heavy atom. The summed E-state index contributed by atoms with van der Waals surface area (Å²) in [4.78, 5) is 27.0. The van der Waals surface area contributed by atoms with Gasteiger partial charge in [-0.25, -0.2) is 0 Å². The highest BCUT2D eigenvalue weighted by molar-refractivity contribution is 5.95. The first-order valence-corrected chi connectivity index (χ1v) is 11.2. The van der Waals surface area contributed by atoms with Gasteiger partial charge >= 0.3 is 6.18 Å². The number of hydrogen-bond donors (Lipinski definition) is 2. The number of carbonyl (C=O) groups excluding carboxylic acids is 2. The predicted molar refractivity (Wildman–Crippen MR) is 119 cm³/mol. The Morgan fingerprint density at radius 2 is 1.76 bits per heavy atom. The number of halogens is 3. The summed E-state index contributed by atoms with van der Waals surface area (Å²) in [6.45, 7) is 3.73. The fourth-order valence-corrected chi connectivity index (χ4v) is 4.77. The number of carbonyl (C=O) groups is 2. The van der Waals surface area contributed by atoms with E-state index in [2.05, 4.69) is 34.6 Å². The Morgan fingerprint density at radius 1 is 1.06 bits per heavy atom. The van der Waals surface area contributed by atoms with E-state index in [1.807, 2.05) is 18.2 Å². The first kappa shape index (κ1) is 23.3. The third-order valence-electron chi connectivity index (χ3n) is 6.74. The van der Waals surface area contributed by atoms with Gasteiger partial charge in [-0.05, 0) is 55.4 Å². The molecule has 0 spiro atoms. The van der Waals surface area contributed by atoms with Crippen molar-refractivity contribution in [1.29, 1.82) is 0 Å². The largest absolute Gasteiger partial charge is 0.416 e. The number of likely N-dealkylation sites (tertiary alicyclic amines) is 1. The highest BCUT2D eigenvalue weighted by Gasteiger charge is 2.59. The zero-order valence-corrected chi connectivity index (χ0v) is 18.4. The Labute approximate surface area is 191 Å². The van der Waals surface area contributed by atoms with E-state index in [4.69, 9.17) is 0 Å². The number of nitrogens with one attached hydrogen (secondary N) is 2. The fraction of sp³-hybridized carbons (Fsp3) is 0.440. The second-order valence-corrected chi connectivity index (χ2v) is 9.03. The van der Waals surface area contributed by atoms with E-state index >= 15 is 0 Å². The average Bonchev–Trinajstić information content (AvgIpc) is 3.29. The van der Waals surface area contributed by atoms with E-state index < -0.39 is 17.6 Å². The summed E-state index contributed by atoms with van der Waals surface area (Å²) in [5.41, 5.74) is 0.541. The highest BCUT2D eigenvalue weighted by atomic mass is 19.4. The zero-order chi connectivity index (χ0) is 23.6. The fourth-order valence-electron chi connectivity index (χ4n) is 4.77. The molecule has 8 heteroatoms. The molecule has 5 nitrogen and oxygen atoms in total. The topological polar surface area (TPSA) is 61.4 Å². The van der Waals surface area contributed by atoms with Crippen molar-refractivity contribution in [2.24, 2.45) is 17.8 Å². The molecular formula is C25H28F3N3O2. The van der Waals surface area contributed by atoms with Crippen LogP contribution >= 0.6 is 0 Å². The van der Waals surface area contributed by atoms with Gasteiger partial charge in [0, 0.05) is 30.7 Å². The summed E-state index contributed by atoms with van der Waals surface area (Å²) in [5.74, 6) is -0.152. The van der Waals surface area contributed by atoms with Gasteiger partial charge in [0.25, 0.3) is 0 Å². The molecule has 0 bridgehead atoms. The second kappa shape index (κ2) is 9.55. The molecule has 0 aromatic heterocycles. The van der Waals surface area contributed by atoms with Crippen LogP contribution in [0.3, 0.4) is 0 Å². The van der Waals surface area contributed by atoms with E-state index in [1.165, 1.54) is 17.7 Å². The molecule has 33 heavy (non-hydrogen) atoms. The van der Waals surface area contributed by atoms with Crippen molar-refractivity contribution in [2.45, 2.75) is 32.0 Å². The van der Waals surface area contributed by atoms with Crippen LogP contribution in [0.15, 0.2) is 54.6 Å². The van der Waals surface area contributed by atoms with Gasteiger partial charge in [-0.15, -0.1) is 0 Å². The minimum Gasteiger partial charge on any atom is -0.347 e. The summed E-state index contributed by atoms with van der Waals surface area (Å²) in [7, 11) is 0. The van der Waals surface area contributed by atoms with Crippen molar-refractivity contribution in [3.05, 3.63) is 65.7 Å². The molecule has 4 rings (SSSR count). The molecule has 1 aliphatic heterocycles. The lowest BCUT2D eigenvalue weighted by Crippen LogP contribution is -2.38. The molecule has 2 aliphatic rings. The molecule has 4 atom stereocenters. The summed E-state index contributed by atoms with van der Waals surface area (Å²) < 4.78 is 38.4. The zero-order valence-electron chi connectivity index (χ0n) is 18.4. The first-order valence-electron chi connectivity index (χ1n) is 11.2. The highest BCUT2D eigenvalue weighted by Crippen LogP contribution is 2.52. The lowest BCUT2D eigenvalue weighted by atomic mass is 10.0. The number of hydrogen-bond acceptors (Lipinski definition) is 3. The molecule has 0 radical (unpaired) electrons. The van der Waals surface area contributed by atoms with Crippen molar-refractivity contribution < 1.29 is 22.8 Å². The number of fused-ring (bicyclic) bond motifs is 1. The maximum Gasteiger partial charge on any atom is 0.416 e. The Balaban J connectivity index is 1.17. The number of alkyl halides is 3. The third-order valence-corrected chi connectivity index (χ3v) is 6.74. The molecule has 1 heterocycles. The number of amides is 2. The van der Waals surface area contributed by atoms with Crippen molar-refractivity contribution in [1.82, 2.24) is 10.2 Å². The van der Waals surface area contributed by atoms with Crippen LogP contribution in [-0.4, -0.2) is 42.4 Å². The normalized spacial score (nSPS) is 23.0. The number of nitrogens with zero attached hydrogens (tertiary/aromatic N) is 1. The molecule has 1 saturated carbocycles. The average molecular weight is 460 g/mol. The van der Waals surface area contributed by atoms with Crippen LogP contribution in [0, 0.1) is 17.8 Å². The molecule has 1 saturated heterocycles. The number of rotatable bonds is 8. The minimum absolute atomic E-state index is 0.0486. The second-order valence-electron chi connectivity index (χ2n) is 9.03. The van der Waals surface area contributed by atoms with Crippen LogP contribution in [0.4, 0.5) is 18.9 Å². The van der Waals surface area contributed by atoms with Crippen molar-refractivity contribution in [3.8, 4) is 0 Å². The van der Waals surface area contributed by atoms with Crippen molar-refractivity contribution in [3.63, 3.8) is 0 Å². The molecule has 2 aromatic carbocycles. The number of anilines is 1. The monoisotopic (exact) mass is 459 g/mol. The van der Waals surface area contributed by atoms with E-state index in [1.54, 1.807) is 0 Å². The molecule has 1 aliphatic carbocycles. The Bertz CT molecular complexity index is 984. The SMILES string of the molecule is CC(CCc1ccccc1)N1C[C@@H]2C(C(=O)NCC(=O)Nc3cccc(C(F)(F)F)c3)[C@@H]2C1. The summed E-state index contributed by atoms with van der Waals surface area (Å²) in [6.07, 6.45) is -2.39. The Kier molecular flexibility index (Phi) is 6.74. The van der Waals surface area contributed by atoms with Crippen molar-refractivity contribution in [2.75, 3.05) is 25.0 Å². The third kappa shape index (κ3) is 5.74. The van der Waals surface area contributed by atoms with Crippen LogP contribution < -0.4 is 10.6 Å². The van der Waals surface area contributed by atoms with Gasteiger partial charge in [0.15, 0.2) is 0 Å². The van der Waals surface area contributed by atoms with Crippen LogP contribution in [0.1, 0.15) is 24.5 Å². The predicted octanol–water partition coefficient (Wildman–Crippen LogP) is 3.96. The van der Waals surface area contributed by atoms with Gasteiger partial charge in [0.05, 0.1) is 12.1 Å². The smallest absolute Gasteiger partial charge is 0.347 e. The maximum absolute atomic E-state index is 12.8. The lowest BCUT2D eigenvalue weighted by Gasteiger charge is -2.26. The van der Waals surface area contributed by atoms with Gasteiger partial charge in [0.1, 0.15) is 0 Å². The lowest BCUT2D eigenvalue weighted by molar-refractivity contribution is -0.137. The summed E-state index contributed by atoms with van der Waals surface area (Å²) >= 11 is 0. The van der Waals surface area contributed by atoms with Crippen molar-refractivity contribution >= 4 is 17.5 Å². The summed E-state index contributed by atoms with van der Waals surface area (Å²) in [5, 5.41) is 5.04. The van der Waals surface area contributed by atoms with E-state index in [0.717, 1.165) is 38.1 Å². The summed E-state index contributed by atoms with van der Waals surface area (Å²) in [6, 6.07) is 15.3. The van der Waals surface area contributed by atoms with Gasteiger partial charge in [-0.2, -0.15) is 13.2 Å². The van der Waals surface area contributed by atoms with Crippen LogP contribution in [0.5, 0.6) is 0 Å². The van der Waals surface area contributed by atoms with Crippen LogP contribution in [-0.2, 0) is 22.2 Å². The van der Waals surface area contributed by atoms with Crippen LogP contribution in [0.2, 0.25) is 0 Å². The molecule has 2 fully saturated rings. The quantitative estimate of drug-likeness (QED) is 0.628. The van der Waals surface area contributed by atoms with Crippen LogP contribution in [0.25, 0.3) is 0 Å². The molecule has 2 aromatic rings. The van der Waals surface area contributed by atoms with Gasteiger partial charge in [0.2, 0.25) is 11.8 Å². The number of benzene rings is 2. The van der Waals surface area contributed by atoms with E-state index in [9.17, 15) is 22.8 Å². The molecule has 176 valence electrons. The van der Waals surface area contributed by atoms with Gasteiger partial charge < -0.3 is 15.5 Å². The van der Waals surface area contributed by atoms with E-state index in [0.29, 0.717) is 17.9 Å². The Hall–Kier alpha value is -2.87. The number of aryl methyl sites for hydroxylation is 1. The molecular weight excluding hydrogens is 431 g/mol. The maximum atomic E-state index is 12.8. The molecule has 2 unspecified atom stereocenters. The molecule has 2 N–H and O–H groups in total. The first-order chi connectivity index (χ1) is 15.7. The standard InChI is InChI=1S/C25H28F3N3O2/c1-16(10-11-17-6-3-2-4-7-17)31-14-20-21(15-31)23(20)24(33)29-13-22(32)30-19-9-5-8-18(12-19)25(26,27)28/h2-9,12,16,20-21,23H,10-11,13-15H2,1H3,(H,29,33)(H,30,32)/t16?,20-,21+,23?.